The van der Waals surface area contributed by atoms with Crippen molar-refractivity contribution in [2.75, 3.05) is 17.9 Å². The Morgan fingerprint density at radius 1 is 1.16 bits per heavy atom. The molecule has 2 N–H and O–H groups in total. The van der Waals surface area contributed by atoms with Gasteiger partial charge in [-0.1, -0.05) is 27.7 Å². The van der Waals surface area contributed by atoms with Gasteiger partial charge in [-0.15, -0.1) is 10.2 Å². The molecule has 0 saturated heterocycles. The number of carbonyl (C=O) groups is 2. The standard InChI is InChI=1S/C21H20BrN5O4S/c1-12-7-14(22)4-5-15(12)24-19(28)10-32-21-26-25-18(27(21)2)9-23-20(29)13-3-6-16-17(8-13)31-11-30-16/h3-8H,9-11H2,1-2H3,(H,23,29)(H,24,28). The van der Waals surface area contributed by atoms with E-state index < -0.39 is 0 Å². The minimum Gasteiger partial charge on any atom is -0.454 e. The Bertz CT molecular complexity index is 1180. The van der Waals surface area contributed by atoms with Crippen molar-refractivity contribution in [3.63, 3.8) is 0 Å². The van der Waals surface area contributed by atoms with Crippen molar-refractivity contribution in [1.29, 1.82) is 0 Å². The number of rotatable bonds is 7. The predicted molar refractivity (Wildman–Crippen MR) is 123 cm³/mol. The molecule has 2 aromatic carbocycles. The number of amides is 2. The van der Waals surface area contributed by atoms with Crippen LogP contribution in [-0.4, -0.2) is 39.1 Å². The van der Waals surface area contributed by atoms with Gasteiger partial charge in [0.25, 0.3) is 5.91 Å². The Labute approximate surface area is 197 Å². The fourth-order valence-electron chi connectivity index (χ4n) is 3.01. The third kappa shape index (κ3) is 5.05. The Morgan fingerprint density at radius 3 is 2.78 bits per heavy atom. The number of nitrogens with zero attached hydrogens (tertiary/aromatic N) is 3. The fraction of sp³-hybridized carbons (Fsp3) is 0.238. The quantitative estimate of drug-likeness (QED) is 0.463. The van der Waals surface area contributed by atoms with E-state index in [1.807, 2.05) is 25.1 Å². The van der Waals surface area contributed by atoms with Crippen LogP contribution >= 0.6 is 27.7 Å². The van der Waals surface area contributed by atoms with Gasteiger partial charge in [0.05, 0.1) is 12.3 Å². The van der Waals surface area contributed by atoms with Crippen molar-refractivity contribution < 1.29 is 19.1 Å². The van der Waals surface area contributed by atoms with Gasteiger partial charge < -0.3 is 24.7 Å². The highest BCUT2D eigenvalue weighted by molar-refractivity contribution is 9.10. The Kier molecular flexibility index (Phi) is 6.66. The van der Waals surface area contributed by atoms with Gasteiger partial charge in [-0.05, 0) is 48.9 Å². The number of aromatic nitrogens is 3. The van der Waals surface area contributed by atoms with E-state index >= 15 is 0 Å². The number of halogens is 1. The molecule has 2 heterocycles. The summed E-state index contributed by atoms with van der Waals surface area (Å²) in [4.78, 5) is 24.8. The summed E-state index contributed by atoms with van der Waals surface area (Å²) in [5.41, 5.74) is 2.20. The molecule has 11 heteroatoms. The van der Waals surface area contributed by atoms with Crippen LogP contribution in [0.1, 0.15) is 21.7 Å². The summed E-state index contributed by atoms with van der Waals surface area (Å²) < 4.78 is 13.3. The molecule has 32 heavy (non-hydrogen) atoms. The van der Waals surface area contributed by atoms with E-state index in [0.29, 0.717) is 28.0 Å². The summed E-state index contributed by atoms with van der Waals surface area (Å²) in [6.45, 7) is 2.28. The maximum absolute atomic E-state index is 12.4. The van der Waals surface area contributed by atoms with Crippen LogP contribution in [0.4, 0.5) is 5.69 Å². The molecular weight excluding hydrogens is 498 g/mol. The number of thioether (sulfide) groups is 1. The monoisotopic (exact) mass is 517 g/mol. The molecule has 1 aromatic heterocycles. The van der Waals surface area contributed by atoms with Crippen molar-refractivity contribution in [2.24, 2.45) is 7.05 Å². The second kappa shape index (κ2) is 9.61. The lowest BCUT2D eigenvalue weighted by atomic mass is 10.2. The first-order valence-corrected chi connectivity index (χ1v) is 11.4. The minimum atomic E-state index is -0.259. The van der Waals surface area contributed by atoms with E-state index in [2.05, 4.69) is 36.8 Å². The highest BCUT2D eigenvalue weighted by atomic mass is 79.9. The van der Waals surface area contributed by atoms with Crippen LogP contribution in [0.2, 0.25) is 0 Å². The summed E-state index contributed by atoms with van der Waals surface area (Å²) in [5.74, 6) is 1.53. The third-order valence-corrected chi connectivity index (χ3v) is 6.28. The number of anilines is 1. The summed E-state index contributed by atoms with van der Waals surface area (Å²) in [5, 5.41) is 14.5. The van der Waals surface area contributed by atoms with E-state index in [-0.39, 0.29) is 30.9 Å². The van der Waals surface area contributed by atoms with Gasteiger partial charge in [0, 0.05) is 22.8 Å². The van der Waals surface area contributed by atoms with Crippen LogP contribution in [0.3, 0.4) is 0 Å². The van der Waals surface area contributed by atoms with E-state index in [1.165, 1.54) is 11.8 Å². The van der Waals surface area contributed by atoms with E-state index in [9.17, 15) is 9.59 Å². The number of hydrogen-bond acceptors (Lipinski definition) is 7. The minimum absolute atomic E-state index is 0.138. The molecule has 0 radical (unpaired) electrons. The van der Waals surface area contributed by atoms with Crippen molar-refractivity contribution in [3.05, 3.63) is 57.8 Å². The number of hydrogen-bond donors (Lipinski definition) is 2. The Hall–Kier alpha value is -3.05. The molecule has 0 fully saturated rings. The smallest absolute Gasteiger partial charge is 0.251 e. The first-order chi connectivity index (χ1) is 15.4. The van der Waals surface area contributed by atoms with Crippen LogP contribution in [0.25, 0.3) is 0 Å². The zero-order chi connectivity index (χ0) is 22.7. The van der Waals surface area contributed by atoms with E-state index in [1.54, 1.807) is 29.8 Å². The van der Waals surface area contributed by atoms with Crippen molar-refractivity contribution in [1.82, 2.24) is 20.1 Å². The van der Waals surface area contributed by atoms with Gasteiger partial charge in [-0.2, -0.15) is 0 Å². The molecule has 166 valence electrons. The average Bonchev–Trinajstić information content (AvgIpc) is 3.38. The van der Waals surface area contributed by atoms with Crippen LogP contribution in [-0.2, 0) is 18.4 Å². The first-order valence-electron chi connectivity index (χ1n) is 9.65. The molecule has 0 bridgehead atoms. The van der Waals surface area contributed by atoms with Crippen LogP contribution in [0.15, 0.2) is 46.0 Å². The second-order valence-corrected chi connectivity index (χ2v) is 8.86. The van der Waals surface area contributed by atoms with Gasteiger partial charge in [0.15, 0.2) is 22.5 Å². The molecule has 0 unspecified atom stereocenters. The summed E-state index contributed by atoms with van der Waals surface area (Å²) >= 11 is 4.68. The van der Waals surface area contributed by atoms with Crippen molar-refractivity contribution >= 4 is 45.2 Å². The zero-order valence-electron chi connectivity index (χ0n) is 17.3. The second-order valence-electron chi connectivity index (χ2n) is 7.00. The zero-order valence-corrected chi connectivity index (χ0v) is 19.7. The van der Waals surface area contributed by atoms with Gasteiger partial charge in [0.1, 0.15) is 0 Å². The van der Waals surface area contributed by atoms with Crippen LogP contribution in [0.5, 0.6) is 11.5 Å². The first kappa shape index (κ1) is 22.2. The third-order valence-electron chi connectivity index (χ3n) is 4.76. The van der Waals surface area contributed by atoms with E-state index in [0.717, 1.165) is 15.7 Å². The van der Waals surface area contributed by atoms with Crippen molar-refractivity contribution in [2.45, 2.75) is 18.6 Å². The molecule has 0 spiro atoms. The molecule has 0 aliphatic carbocycles. The molecule has 0 saturated carbocycles. The van der Waals surface area contributed by atoms with Gasteiger partial charge in [-0.3, -0.25) is 9.59 Å². The molecule has 1 aliphatic rings. The highest BCUT2D eigenvalue weighted by Crippen LogP contribution is 2.32. The fourth-order valence-corrected chi connectivity index (χ4v) is 4.21. The molecule has 2 amide bonds. The molecule has 3 aromatic rings. The SMILES string of the molecule is Cc1cc(Br)ccc1NC(=O)CSc1nnc(CNC(=O)c2ccc3c(c2)OCO3)n1C. The maximum atomic E-state index is 12.4. The van der Waals surface area contributed by atoms with Crippen molar-refractivity contribution in [3.8, 4) is 11.5 Å². The summed E-state index contributed by atoms with van der Waals surface area (Å²) in [6, 6.07) is 10.7. The van der Waals surface area contributed by atoms with E-state index in [4.69, 9.17) is 9.47 Å². The molecule has 4 rings (SSSR count). The summed E-state index contributed by atoms with van der Waals surface area (Å²) in [6.07, 6.45) is 0. The number of nitrogens with one attached hydrogen (secondary N) is 2. The van der Waals surface area contributed by atoms with Crippen LogP contribution < -0.4 is 20.1 Å². The van der Waals surface area contributed by atoms with Crippen LogP contribution in [0, 0.1) is 6.92 Å². The number of fused-ring (bicyclic) bond motifs is 1. The average molecular weight is 518 g/mol. The summed E-state index contributed by atoms with van der Waals surface area (Å²) in [7, 11) is 1.79. The topological polar surface area (TPSA) is 107 Å². The lowest BCUT2D eigenvalue weighted by molar-refractivity contribution is -0.113. The largest absolute Gasteiger partial charge is 0.454 e. The van der Waals surface area contributed by atoms with Gasteiger partial charge in [-0.25, -0.2) is 0 Å². The molecule has 9 nitrogen and oxygen atoms in total. The normalized spacial score (nSPS) is 12.0. The lowest BCUT2D eigenvalue weighted by Gasteiger charge is -2.09. The number of benzene rings is 2. The molecule has 1 aliphatic heterocycles. The number of ether oxygens (including phenoxy) is 2. The van der Waals surface area contributed by atoms with Gasteiger partial charge in [0.2, 0.25) is 12.7 Å². The maximum Gasteiger partial charge on any atom is 0.251 e. The number of aryl methyl sites for hydroxylation is 1. The Morgan fingerprint density at radius 2 is 1.97 bits per heavy atom. The predicted octanol–water partition coefficient (Wildman–Crippen LogP) is 3.28. The number of carbonyl (C=O) groups excluding carboxylic acids is 2. The lowest BCUT2D eigenvalue weighted by Crippen LogP contribution is -2.24. The molecule has 0 atom stereocenters. The van der Waals surface area contributed by atoms with Gasteiger partial charge >= 0.3 is 0 Å². The Balaban J connectivity index is 1.30. The molecular formula is C21H20BrN5O4S. The highest BCUT2D eigenvalue weighted by Gasteiger charge is 2.17.